The summed E-state index contributed by atoms with van der Waals surface area (Å²) in [5.41, 5.74) is 0. The number of carbonyl (C=O) groups excluding carboxylic acids is 4. The third kappa shape index (κ3) is 73.4. The maximum Gasteiger partial charge on any atom is 0.472 e. The summed E-state index contributed by atoms with van der Waals surface area (Å²) in [5.74, 6) is 0.235. The van der Waals surface area contributed by atoms with Crippen LogP contribution in [0.25, 0.3) is 0 Å². The van der Waals surface area contributed by atoms with E-state index in [-0.39, 0.29) is 25.7 Å². The Labute approximate surface area is 619 Å². The Morgan fingerprint density at radius 2 is 0.505 bits per heavy atom. The highest BCUT2D eigenvalue weighted by atomic mass is 31.2. The molecule has 0 aromatic heterocycles. The lowest BCUT2D eigenvalue weighted by Gasteiger charge is -2.21. The highest BCUT2D eigenvalue weighted by Crippen LogP contribution is 2.45. The molecule has 101 heavy (non-hydrogen) atoms. The average molecular weight is 1480 g/mol. The topological polar surface area (TPSA) is 237 Å². The van der Waals surface area contributed by atoms with E-state index in [0.29, 0.717) is 25.7 Å². The van der Waals surface area contributed by atoms with Crippen molar-refractivity contribution in [1.82, 2.24) is 0 Å². The number of hydrogen-bond donors (Lipinski definition) is 3. The number of hydrogen-bond acceptors (Lipinski definition) is 15. The van der Waals surface area contributed by atoms with Crippen LogP contribution in [0.1, 0.15) is 427 Å². The van der Waals surface area contributed by atoms with Gasteiger partial charge in [0.1, 0.15) is 19.3 Å². The fourth-order valence-corrected chi connectivity index (χ4v) is 14.2. The minimum absolute atomic E-state index is 0.106. The molecule has 600 valence electrons. The molecular weight excluding hydrogens is 1320 g/mol. The summed E-state index contributed by atoms with van der Waals surface area (Å²) in [6.07, 6.45) is 61.0. The second-order valence-electron chi connectivity index (χ2n) is 30.5. The van der Waals surface area contributed by atoms with Crippen molar-refractivity contribution < 1.29 is 80.2 Å². The van der Waals surface area contributed by atoms with Crippen LogP contribution in [0.3, 0.4) is 0 Å². The molecule has 0 amide bonds. The second-order valence-corrected chi connectivity index (χ2v) is 33.4. The normalized spacial score (nSPS) is 14.5. The molecule has 19 heteroatoms. The van der Waals surface area contributed by atoms with E-state index in [0.717, 1.165) is 114 Å². The summed E-state index contributed by atoms with van der Waals surface area (Å²) in [7, 11) is -9.92. The lowest BCUT2D eigenvalue weighted by molar-refractivity contribution is -0.161. The summed E-state index contributed by atoms with van der Waals surface area (Å²) < 4.78 is 68.8. The Bertz CT molecular complexity index is 1960. The largest absolute Gasteiger partial charge is 0.472 e. The number of phosphoric acid groups is 2. The number of carbonyl (C=O) groups is 4. The molecule has 0 aliphatic carbocycles. The number of aliphatic hydroxyl groups is 1. The molecule has 7 atom stereocenters. The fourth-order valence-electron chi connectivity index (χ4n) is 12.6. The standard InChI is InChI=1S/C82H160O17P2/c1-8-11-12-13-14-15-16-17-18-19-20-21-22-27-32-37-42-51-58-65-81(86)98-77(69-92-79(84)63-56-49-41-36-31-26-24-23-25-30-35-40-47-54-61-74(6)9-2)71-96-100(88,89)94-67-76(83)68-95-101(90,91)97-72-78(70-93-80(85)64-57-50-45-44-48-55-62-75(7)10-3)99-82(87)66-59-52-43-38-33-28-29-34-39-46-53-60-73(4)5/h73-78,83H,8-72H2,1-7H3,(H,88,89)(H,90,91)/t74?,75?,76-,77-,78-/m1/s1. The molecule has 0 bridgehead atoms. The summed E-state index contributed by atoms with van der Waals surface area (Å²) in [6, 6.07) is 0. The molecule has 4 unspecified atom stereocenters. The van der Waals surface area contributed by atoms with E-state index in [1.807, 2.05) is 0 Å². The summed E-state index contributed by atoms with van der Waals surface area (Å²) >= 11 is 0. The number of esters is 4. The van der Waals surface area contributed by atoms with Crippen LogP contribution in [0.15, 0.2) is 0 Å². The first kappa shape index (κ1) is 99.1. The molecule has 0 aliphatic rings. The third-order valence-corrected chi connectivity index (χ3v) is 21.8. The van der Waals surface area contributed by atoms with Crippen molar-refractivity contribution in [2.45, 2.75) is 446 Å². The van der Waals surface area contributed by atoms with Gasteiger partial charge in [0.2, 0.25) is 0 Å². The summed E-state index contributed by atoms with van der Waals surface area (Å²) in [6.45, 7) is 12.0. The van der Waals surface area contributed by atoms with Crippen molar-refractivity contribution in [3.05, 3.63) is 0 Å². The third-order valence-electron chi connectivity index (χ3n) is 19.9. The molecule has 0 spiro atoms. The predicted molar refractivity (Wildman–Crippen MR) is 414 cm³/mol. The highest BCUT2D eigenvalue weighted by Gasteiger charge is 2.30. The van der Waals surface area contributed by atoms with Crippen molar-refractivity contribution >= 4 is 39.5 Å². The van der Waals surface area contributed by atoms with Gasteiger partial charge >= 0.3 is 39.5 Å². The zero-order chi connectivity index (χ0) is 74.4. The summed E-state index contributed by atoms with van der Waals surface area (Å²) in [4.78, 5) is 73.1. The zero-order valence-corrected chi connectivity index (χ0v) is 68.2. The van der Waals surface area contributed by atoms with Gasteiger partial charge in [-0.05, 0) is 43.4 Å². The molecule has 0 aliphatic heterocycles. The summed E-state index contributed by atoms with van der Waals surface area (Å²) in [5, 5.41) is 10.6. The van der Waals surface area contributed by atoms with Crippen LogP contribution >= 0.6 is 15.6 Å². The molecule has 0 aromatic rings. The minimum atomic E-state index is -4.96. The van der Waals surface area contributed by atoms with Gasteiger partial charge in [-0.3, -0.25) is 37.3 Å². The predicted octanol–water partition coefficient (Wildman–Crippen LogP) is 24.5. The first-order valence-corrected chi connectivity index (χ1v) is 45.4. The Morgan fingerprint density at radius 3 is 0.752 bits per heavy atom. The van der Waals surface area contributed by atoms with Crippen molar-refractivity contribution in [2.75, 3.05) is 39.6 Å². The van der Waals surface area contributed by atoms with Gasteiger partial charge in [-0.1, -0.05) is 376 Å². The maximum atomic E-state index is 13.1. The first-order chi connectivity index (χ1) is 48.8. The lowest BCUT2D eigenvalue weighted by Crippen LogP contribution is -2.30. The Balaban J connectivity index is 5.24. The minimum Gasteiger partial charge on any atom is -0.462 e. The Hall–Kier alpha value is -1.94. The van der Waals surface area contributed by atoms with Crippen molar-refractivity contribution in [3.63, 3.8) is 0 Å². The molecule has 0 radical (unpaired) electrons. The Kier molecular flexibility index (Phi) is 70.9. The smallest absolute Gasteiger partial charge is 0.462 e. The molecule has 0 saturated heterocycles. The number of phosphoric ester groups is 2. The van der Waals surface area contributed by atoms with Gasteiger partial charge in [0.25, 0.3) is 0 Å². The quantitative estimate of drug-likeness (QED) is 0.0222. The van der Waals surface area contributed by atoms with Crippen LogP contribution in [0, 0.1) is 17.8 Å². The molecule has 0 rings (SSSR count). The van der Waals surface area contributed by atoms with Gasteiger partial charge < -0.3 is 33.8 Å². The van der Waals surface area contributed by atoms with E-state index in [4.69, 9.17) is 37.0 Å². The van der Waals surface area contributed by atoms with E-state index < -0.39 is 97.5 Å². The van der Waals surface area contributed by atoms with Gasteiger partial charge in [-0.2, -0.15) is 0 Å². The number of unbranched alkanes of at least 4 members (excludes halogenated alkanes) is 46. The van der Waals surface area contributed by atoms with Crippen LogP contribution < -0.4 is 0 Å². The van der Waals surface area contributed by atoms with E-state index in [1.54, 1.807) is 0 Å². The highest BCUT2D eigenvalue weighted by molar-refractivity contribution is 7.47. The molecule has 0 heterocycles. The fraction of sp³-hybridized carbons (Fsp3) is 0.951. The average Bonchev–Trinajstić information content (AvgIpc) is 1.04. The first-order valence-electron chi connectivity index (χ1n) is 42.4. The molecule has 0 saturated carbocycles. The molecule has 3 N–H and O–H groups in total. The lowest BCUT2D eigenvalue weighted by atomic mass is 9.99. The SMILES string of the molecule is CCCCCCCCCCCCCCCCCCCCCC(=O)O[C@H](COC(=O)CCCCCCCCCCCCCCCCC(C)CC)COP(=O)(O)OC[C@@H](O)COP(=O)(O)OC[C@@H](COC(=O)CCCCCCCCC(C)CC)OC(=O)CCCCCCCCCCCCCC(C)C. The number of aliphatic hydroxyl groups excluding tert-OH is 1. The zero-order valence-electron chi connectivity index (χ0n) is 66.4. The maximum absolute atomic E-state index is 13.1. The van der Waals surface area contributed by atoms with E-state index in [9.17, 15) is 43.2 Å². The van der Waals surface area contributed by atoms with Crippen LogP contribution in [0.2, 0.25) is 0 Å². The van der Waals surface area contributed by atoms with E-state index >= 15 is 0 Å². The van der Waals surface area contributed by atoms with Crippen LogP contribution in [0.4, 0.5) is 0 Å². The molecular formula is C82H160O17P2. The van der Waals surface area contributed by atoms with Gasteiger partial charge in [0.15, 0.2) is 12.2 Å². The van der Waals surface area contributed by atoms with Crippen LogP contribution in [-0.2, 0) is 65.4 Å². The van der Waals surface area contributed by atoms with Crippen LogP contribution in [0.5, 0.6) is 0 Å². The van der Waals surface area contributed by atoms with Crippen molar-refractivity contribution in [1.29, 1.82) is 0 Å². The second kappa shape index (κ2) is 72.3. The number of rotatable bonds is 80. The number of ether oxygens (including phenoxy) is 4. The van der Waals surface area contributed by atoms with Crippen LogP contribution in [-0.4, -0.2) is 96.7 Å². The van der Waals surface area contributed by atoms with Crippen molar-refractivity contribution in [2.24, 2.45) is 17.8 Å². The molecule has 0 aromatic carbocycles. The van der Waals surface area contributed by atoms with Gasteiger partial charge in [0.05, 0.1) is 26.4 Å². The van der Waals surface area contributed by atoms with E-state index in [2.05, 4.69) is 48.5 Å². The van der Waals surface area contributed by atoms with Gasteiger partial charge in [-0.25, -0.2) is 9.13 Å². The monoisotopic (exact) mass is 1480 g/mol. The van der Waals surface area contributed by atoms with Gasteiger partial charge in [-0.15, -0.1) is 0 Å². The van der Waals surface area contributed by atoms with E-state index in [1.165, 1.54) is 231 Å². The Morgan fingerprint density at radius 1 is 0.287 bits per heavy atom. The van der Waals surface area contributed by atoms with Gasteiger partial charge in [0, 0.05) is 25.7 Å². The van der Waals surface area contributed by atoms with Crippen molar-refractivity contribution in [3.8, 4) is 0 Å². The molecule has 0 fully saturated rings. The molecule has 17 nitrogen and oxygen atoms in total.